The van der Waals surface area contributed by atoms with Crippen molar-refractivity contribution < 1.29 is 4.39 Å². The third-order valence-electron chi connectivity index (χ3n) is 2.51. The minimum atomic E-state index is -0.369. The van der Waals surface area contributed by atoms with Crippen LogP contribution in [0.15, 0.2) is 16.6 Å². The molecule has 1 heterocycles. The number of halogens is 3. The number of rotatable bonds is 3. The van der Waals surface area contributed by atoms with Gasteiger partial charge in [0.15, 0.2) is 0 Å². The van der Waals surface area contributed by atoms with Crippen LogP contribution in [0.3, 0.4) is 0 Å². The zero-order valence-electron chi connectivity index (χ0n) is 11.1. The highest BCUT2D eigenvalue weighted by Crippen LogP contribution is 2.26. The number of hydrogen-bond donors (Lipinski definition) is 1. The van der Waals surface area contributed by atoms with Crippen LogP contribution in [0.25, 0.3) is 0 Å². The normalized spacial score (nSPS) is 10.5. The lowest BCUT2D eigenvalue weighted by molar-refractivity contribution is 0.621. The van der Waals surface area contributed by atoms with Gasteiger partial charge in [-0.2, -0.15) is 15.0 Å². The van der Waals surface area contributed by atoms with Crippen LogP contribution >= 0.6 is 27.5 Å². The molecule has 0 unspecified atom stereocenters. The number of anilines is 3. The van der Waals surface area contributed by atoms with Crippen LogP contribution in [-0.4, -0.2) is 29.0 Å². The second kappa shape index (κ2) is 5.88. The summed E-state index contributed by atoms with van der Waals surface area (Å²) in [7, 11) is 3.58. The molecule has 0 fully saturated rings. The smallest absolute Gasteiger partial charge is 0.233 e. The first-order valence-electron chi connectivity index (χ1n) is 5.68. The van der Waals surface area contributed by atoms with Crippen molar-refractivity contribution in [3.05, 3.63) is 33.3 Å². The summed E-state index contributed by atoms with van der Waals surface area (Å²) in [6.45, 7) is 1.85. The Bertz CT molecular complexity index is 650. The molecular weight excluding hydrogens is 349 g/mol. The maximum absolute atomic E-state index is 13.6. The number of aryl methyl sites for hydroxylation is 1. The van der Waals surface area contributed by atoms with Crippen molar-refractivity contribution in [1.29, 1.82) is 0 Å². The molecule has 0 aliphatic heterocycles. The van der Waals surface area contributed by atoms with Gasteiger partial charge in [0.25, 0.3) is 0 Å². The Morgan fingerprint density at radius 2 is 1.95 bits per heavy atom. The molecule has 1 aromatic carbocycles. The van der Waals surface area contributed by atoms with Crippen molar-refractivity contribution in [2.45, 2.75) is 6.92 Å². The van der Waals surface area contributed by atoms with E-state index in [-0.39, 0.29) is 17.0 Å². The summed E-state index contributed by atoms with van der Waals surface area (Å²) in [5, 5.41) is 3.01. The fourth-order valence-electron chi connectivity index (χ4n) is 1.50. The highest BCUT2D eigenvalue weighted by atomic mass is 79.9. The van der Waals surface area contributed by atoms with Gasteiger partial charge in [-0.25, -0.2) is 4.39 Å². The fourth-order valence-corrected chi connectivity index (χ4v) is 2.11. The van der Waals surface area contributed by atoms with Gasteiger partial charge in [-0.1, -0.05) is 0 Å². The molecule has 0 aliphatic rings. The summed E-state index contributed by atoms with van der Waals surface area (Å²) in [6, 6.07) is 3.04. The van der Waals surface area contributed by atoms with Gasteiger partial charge >= 0.3 is 0 Å². The quantitative estimate of drug-likeness (QED) is 0.907. The highest BCUT2D eigenvalue weighted by molar-refractivity contribution is 9.10. The maximum Gasteiger partial charge on any atom is 0.233 e. The average Bonchev–Trinajstić information content (AvgIpc) is 2.35. The Morgan fingerprint density at radius 1 is 1.25 bits per heavy atom. The topological polar surface area (TPSA) is 53.9 Å². The molecule has 0 aliphatic carbocycles. The van der Waals surface area contributed by atoms with Gasteiger partial charge in [-0.05, 0) is 52.2 Å². The average molecular weight is 361 g/mol. The van der Waals surface area contributed by atoms with E-state index in [2.05, 4.69) is 36.2 Å². The molecular formula is C12H12BrClFN5. The lowest BCUT2D eigenvalue weighted by Gasteiger charge is -2.13. The third kappa shape index (κ3) is 3.34. The Balaban J connectivity index is 2.37. The van der Waals surface area contributed by atoms with Crippen LogP contribution in [0, 0.1) is 12.7 Å². The molecule has 0 radical (unpaired) electrons. The van der Waals surface area contributed by atoms with Crippen LogP contribution in [0.2, 0.25) is 5.28 Å². The number of nitrogens with one attached hydrogen (secondary N) is 1. The van der Waals surface area contributed by atoms with Crippen molar-refractivity contribution in [1.82, 2.24) is 15.0 Å². The monoisotopic (exact) mass is 359 g/mol. The first-order valence-corrected chi connectivity index (χ1v) is 6.85. The number of benzene rings is 1. The second-order valence-electron chi connectivity index (χ2n) is 4.33. The van der Waals surface area contributed by atoms with Crippen LogP contribution in [-0.2, 0) is 0 Å². The molecule has 8 heteroatoms. The minimum Gasteiger partial charge on any atom is -0.347 e. The summed E-state index contributed by atoms with van der Waals surface area (Å²) in [4.78, 5) is 13.9. The molecule has 20 heavy (non-hydrogen) atoms. The summed E-state index contributed by atoms with van der Waals surface area (Å²) < 4.78 is 14.0. The number of hydrogen-bond acceptors (Lipinski definition) is 5. The minimum absolute atomic E-state index is 0.0708. The van der Waals surface area contributed by atoms with Crippen molar-refractivity contribution in [2.75, 3.05) is 24.3 Å². The molecule has 1 aromatic heterocycles. The Kier molecular flexibility index (Phi) is 4.39. The second-order valence-corrected chi connectivity index (χ2v) is 5.52. The first kappa shape index (κ1) is 14.9. The summed E-state index contributed by atoms with van der Waals surface area (Å²) in [5.74, 6) is 0.312. The molecule has 0 spiro atoms. The lowest BCUT2D eigenvalue weighted by Crippen LogP contribution is -2.14. The summed E-state index contributed by atoms with van der Waals surface area (Å²) in [6.07, 6.45) is 0. The Labute approximate surface area is 129 Å². The molecule has 2 aromatic rings. The van der Waals surface area contributed by atoms with E-state index in [0.717, 1.165) is 5.56 Å². The van der Waals surface area contributed by atoms with E-state index in [4.69, 9.17) is 11.6 Å². The molecule has 2 rings (SSSR count). The molecule has 0 atom stereocenters. The molecule has 0 bridgehead atoms. The van der Waals surface area contributed by atoms with E-state index in [1.165, 1.54) is 6.07 Å². The van der Waals surface area contributed by atoms with Gasteiger partial charge in [0.05, 0.1) is 4.47 Å². The molecule has 0 saturated carbocycles. The lowest BCUT2D eigenvalue weighted by atomic mass is 10.2. The molecule has 0 amide bonds. The van der Waals surface area contributed by atoms with E-state index >= 15 is 0 Å². The third-order valence-corrected chi connectivity index (χ3v) is 3.29. The van der Waals surface area contributed by atoms with E-state index in [1.807, 2.05) is 6.92 Å². The zero-order valence-corrected chi connectivity index (χ0v) is 13.4. The van der Waals surface area contributed by atoms with E-state index in [1.54, 1.807) is 25.1 Å². The van der Waals surface area contributed by atoms with Crippen LogP contribution in [0.1, 0.15) is 5.56 Å². The predicted octanol–water partition coefficient (Wildman–Crippen LogP) is 3.54. The maximum atomic E-state index is 13.6. The van der Waals surface area contributed by atoms with Crippen LogP contribution in [0.4, 0.5) is 22.0 Å². The van der Waals surface area contributed by atoms with Crippen molar-refractivity contribution in [3.8, 4) is 0 Å². The van der Waals surface area contributed by atoms with Gasteiger partial charge in [-0.3, -0.25) is 0 Å². The molecule has 0 saturated heterocycles. The van der Waals surface area contributed by atoms with E-state index in [9.17, 15) is 4.39 Å². The zero-order chi connectivity index (χ0) is 14.9. The summed E-state index contributed by atoms with van der Waals surface area (Å²) >= 11 is 8.98. The van der Waals surface area contributed by atoms with Crippen molar-refractivity contribution in [2.24, 2.45) is 0 Å². The van der Waals surface area contributed by atoms with Gasteiger partial charge in [0.1, 0.15) is 5.82 Å². The number of nitrogens with zero attached hydrogens (tertiary/aromatic N) is 4. The Morgan fingerprint density at radius 3 is 2.60 bits per heavy atom. The summed E-state index contributed by atoms with van der Waals surface area (Å²) in [5.41, 5.74) is 1.42. The SMILES string of the molecule is Cc1cc(Br)c(F)cc1Nc1nc(Cl)nc(N(C)C)n1. The van der Waals surface area contributed by atoms with Gasteiger partial charge in [0, 0.05) is 19.8 Å². The van der Waals surface area contributed by atoms with Crippen molar-refractivity contribution in [3.63, 3.8) is 0 Å². The van der Waals surface area contributed by atoms with Gasteiger partial charge in [0.2, 0.25) is 17.2 Å². The van der Waals surface area contributed by atoms with Gasteiger partial charge < -0.3 is 10.2 Å². The highest BCUT2D eigenvalue weighted by Gasteiger charge is 2.10. The predicted molar refractivity (Wildman–Crippen MR) is 81.3 cm³/mol. The molecule has 5 nitrogen and oxygen atoms in total. The van der Waals surface area contributed by atoms with Gasteiger partial charge in [-0.15, -0.1) is 0 Å². The first-order chi connectivity index (χ1) is 9.36. The van der Waals surface area contributed by atoms with Crippen LogP contribution in [0.5, 0.6) is 0 Å². The largest absolute Gasteiger partial charge is 0.347 e. The van der Waals surface area contributed by atoms with E-state index < -0.39 is 0 Å². The molecule has 106 valence electrons. The standard InChI is InChI=1S/C12H12BrClFN5/c1-6-4-7(13)8(15)5-9(6)16-11-17-10(14)18-12(19-11)20(2)3/h4-5H,1-3H3,(H,16,17,18,19). The Hall–Kier alpha value is -1.47. The molecule has 1 N–H and O–H groups in total. The number of aromatic nitrogens is 3. The van der Waals surface area contributed by atoms with Crippen LogP contribution < -0.4 is 10.2 Å². The van der Waals surface area contributed by atoms with E-state index in [0.29, 0.717) is 16.1 Å². The fraction of sp³-hybridized carbons (Fsp3) is 0.250. The van der Waals surface area contributed by atoms with Crippen molar-refractivity contribution >= 4 is 45.1 Å².